The minimum absolute atomic E-state index is 0.598. The van der Waals surface area contributed by atoms with Gasteiger partial charge < -0.3 is 10.2 Å². The molecule has 0 aromatic rings. The summed E-state index contributed by atoms with van der Waals surface area (Å²) in [5, 5.41) is 20.8. The number of aliphatic hydroxyl groups is 2. The zero-order valence-corrected chi connectivity index (χ0v) is 21.8. The van der Waals surface area contributed by atoms with Gasteiger partial charge in [0.1, 0.15) is 11.2 Å². The second-order valence-electron chi connectivity index (χ2n) is 10.1. The van der Waals surface area contributed by atoms with Crippen LogP contribution in [0.5, 0.6) is 0 Å². The van der Waals surface area contributed by atoms with Gasteiger partial charge in [0.25, 0.3) is 0 Å². The van der Waals surface area contributed by atoms with Gasteiger partial charge in [-0.3, -0.25) is 0 Å². The Morgan fingerprint density at radius 1 is 0.906 bits per heavy atom. The van der Waals surface area contributed by atoms with Gasteiger partial charge in [0.05, 0.1) is 0 Å². The molecule has 0 rings (SSSR count). The first-order valence-electron chi connectivity index (χ1n) is 12.0. The summed E-state index contributed by atoms with van der Waals surface area (Å²) < 4.78 is 0. The van der Waals surface area contributed by atoms with Crippen LogP contribution in [0.3, 0.4) is 0 Å². The van der Waals surface area contributed by atoms with Crippen molar-refractivity contribution in [3.8, 4) is 23.7 Å². The summed E-state index contributed by atoms with van der Waals surface area (Å²) in [5.41, 5.74) is 0.0886. The normalized spacial score (nSPS) is 16.7. The van der Waals surface area contributed by atoms with E-state index >= 15 is 0 Å². The highest BCUT2D eigenvalue weighted by Crippen LogP contribution is 2.16. The molecule has 178 valence electrons. The number of rotatable bonds is 12. The van der Waals surface area contributed by atoms with Gasteiger partial charge in [0.2, 0.25) is 0 Å². The average Bonchev–Trinajstić information content (AvgIpc) is 2.64. The summed E-state index contributed by atoms with van der Waals surface area (Å²) in [4.78, 5) is 0. The Kier molecular flexibility index (Phi) is 14.8. The van der Waals surface area contributed by atoms with Crippen molar-refractivity contribution in [1.29, 1.82) is 0 Å². The monoisotopic (exact) mass is 438 g/mol. The Bertz CT molecular complexity index is 776. The number of allylic oxidation sites excluding steroid dienone is 6. The van der Waals surface area contributed by atoms with Gasteiger partial charge in [0, 0.05) is 0 Å². The average molecular weight is 439 g/mol. The predicted octanol–water partition coefficient (Wildman–Crippen LogP) is 7.15. The van der Waals surface area contributed by atoms with E-state index in [1.807, 2.05) is 18.2 Å². The van der Waals surface area contributed by atoms with E-state index in [2.05, 4.69) is 71.3 Å². The molecule has 3 atom stereocenters. The molecule has 0 aliphatic rings. The molecule has 0 aromatic carbocycles. The van der Waals surface area contributed by atoms with E-state index in [0.717, 1.165) is 25.2 Å². The summed E-state index contributed by atoms with van der Waals surface area (Å²) in [7, 11) is 0. The minimum Gasteiger partial charge on any atom is -0.374 e. The highest BCUT2D eigenvalue weighted by Gasteiger charge is 2.12. The molecule has 0 aromatic heterocycles. The van der Waals surface area contributed by atoms with Crippen LogP contribution < -0.4 is 0 Å². The molecule has 0 aliphatic carbocycles. The van der Waals surface area contributed by atoms with Crippen molar-refractivity contribution in [3.05, 3.63) is 47.6 Å². The third-order valence-electron chi connectivity index (χ3n) is 5.05. The van der Waals surface area contributed by atoms with E-state index in [0.29, 0.717) is 5.92 Å². The predicted molar refractivity (Wildman–Crippen MR) is 140 cm³/mol. The van der Waals surface area contributed by atoms with Crippen LogP contribution in [0.15, 0.2) is 47.6 Å². The van der Waals surface area contributed by atoms with Gasteiger partial charge in [-0.25, -0.2) is 0 Å². The zero-order chi connectivity index (χ0) is 24.6. The molecule has 0 heterocycles. The summed E-state index contributed by atoms with van der Waals surface area (Å²) in [5.74, 6) is 12.2. The topological polar surface area (TPSA) is 40.5 Å². The van der Waals surface area contributed by atoms with Gasteiger partial charge in [-0.2, -0.15) is 0 Å². The van der Waals surface area contributed by atoms with E-state index in [-0.39, 0.29) is 0 Å². The molecule has 0 spiro atoms. The van der Waals surface area contributed by atoms with E-state index in [1.165, 1.54) is 30.4 Å². The van der Waals surface area contributed by atoms with Crippen molar-refractivity contribution in [1.82, 2.24) is 0 Å². The van der Waals surface area contributed by atoms with Gasteiger partial charge in [0.15, 0.2) is 0 Å². The Hall–Kier alpha value is -2.00. The van der Waals surface area contributed by atoms with E-state index < -0.39 is 11.2 Å². The van der Waals surface area contributed by atoms with Gasteiger partial charge in [-0.05, 0) is 89.7 Å². The number of hydrogen-bond acceptors (Lipinski definition) is 2. The lowest BCUT2D eigenvalue weighted by Gasteiger charge is -2.12. The van der Waals surface area contributed by atoms with Crippen LogP contribution in [0.1, 0.15) is 93.9 Å². The molecule has 0 radical (unpaired) electrons. The summed E-state index contributed by atoms with van der Waals surface area (Å²) in [6.07, 6.45) is 18.1. The highest BCUT2D eigenvalue weighted by molar-refractivity contribution is 5.36. The van der Waals surface area contributed by atoms with Gasteiger partial charge in [-0.15, -0.1) is 0 Å². The lowest BCUT2D eigenvalue weighted by Crippen LogP contribution is -2.18. The molecule has 2 nitrogen and oxygen atoms in total. The Balaban J connectivity index is 4.69. The third kappa shape index (κ3) is 18.7. The summed E-state index contributed by atoms with van der Waals surface area (Å²) in [6, 6.07) is 0. The second-order valence-corrected chi connectivity index (χ2v) is 10.1. The lowest BCUT2D eigenvalue weighted by molar-refractivity contribution is 0.173. The maximum atomic E-state index is 10.4. The highest BCUT2D eigenvalue weighted by atomic mass is 16.3. The fourth-order valence-electron chi connectivity index (χ4n) is 2.99. The Morgan fingerprint density at radius 2 is 1.50 bits per heavy atom. The molecule has 3 unspecified atom stereocenters. The molecule has 32 heavy (non-hydrogen) atoms. The molecule has 0 amide bonds. The fourth-order valence-corrected chi connectivity index (χ4v) is 2.99. The second kappa shape index (κ2) is 15.7. The molecule has 0 saturated carbocycles. The zero-order valence-electron chi connectivity index (χ0n) is 21.8. The van der Waals surface area contributed by atoms with E-state index in [4.69, 9.17) is 0 Å². The van der Waals surface area contributed by atoms with Crippen LogP contribution in [-0.4, -0.2) is 21.4 Å². The van der Waals surface area contributed by atoms with Crippen LogP contribution in [-0.2, 0) is 0 Å². The van der Waals surface area contributed by atoms with Crippen molar-refractivity contribution in [2.75, 3.05) is 0 Å². The van der Waals surface area contributed by atoms with Crippen LogP contribution in [0.4, 0.5) is 0 Å². The first-order valence-corrected chi connectivity index (χ1v) is 12.0. The largest absolute Gasteiger partial charge is 0.374 e. The van der Waals surface area contributed by atoms with Crippen LogP contribution in [0, 0.1) is 35.5 Å². The maximum absolute atomic E-state index is 10.4. The Morgan fingerprint density at radius 3 is 2.06 bits per heavy atom. The summed E-state index contributed by atoms with van der Waals surface area (Å²) in [6.45, 7) is 16.3. The van der Waals surface area contributed by atoms with Crippen LogP contribution in [0.25, 0.3) is 0 Å². The van der Waals surface area contributed by atoms with Crippen LogP contribution in [0.2, 0.25) is 0 Å². The molecule has 2 N–H and O–H groups in total. The number of hydrogen-bond donors (Lipinski definition) is 2. The molecule has 2 heteroatoms. The van der Waals surface area contributed by atoms with E-state index in [9.17, 15) is 10.2 Å². The first-order chi connectivity index (χ1) is 14.8. The molecule has 0 aliphatic heterocycles. The van der Waals surface area contributed by atoms with Crippen molar-refractivity contribution < 1.29 is 10.2 Å². The molecular weight excluding hydrogens is 392 g/mol. The SMILES string of the molecule is CC(C)=CCC/C(C)=C/C=C/C(C)(O)C#CC#CC(C)(O)/C=C/CC(C)CCCC(C)C. The van der Waals surface area contributed by atoms with Crippen molar-refractivity contribution in [3.63, 3.8) is 0 Å². The molecular formula is C30H46O2. The smallest absolute Gasteiger partial charge is 0.142 e. The van der Waals surface area contributed by atoms with Gasteiger partial charge >= 0.3 is 0 Å². The Labute approximate surface area is 198 Å². The fraction of sp³-hybridized carbons (Fsp3) is 0.600. The quantitative estimate of drug-likeness (QED) is 0.193. The first kappa shape index (κ1) is 30.0. The third-order valence-corrected chi connectivity index (χ3v) is 5.05. The molecule has 0 saturated heterocycles. The van der Waals surface area contributed by atoms with Crippen molar-refractivity contribution >= 4 is 0 Å². The van der Waals surface area contributed by atoms with E-state index in [1.54, 1.807) is 26.0 Å². The van der Waals surface area contributed by atoms with Crippen LogP contribution >= 0.6 is 0 Å². The van der Waals surface area contributed by atoms with Gasteiger partial charge in [-0.1, -0.05) is 87.3 Å². The lowest BCUT2D eigenvalue weighted by atomic mass is 9.96. The maximum Gasteiger partial charge on any atom is 0.142 e. The van der Waals surface area contributed by atoms with Crippen molar-refractivity contribution in [2.24, 2.45) is 11.8 Å². The summed E-state index contributed by atoms with van der Waals surface area (Å²) >= 11 is 0. The minimum atomic E-state index is -1.27. The molecule has 0 fully saturated rings. The molecule has 0 bridgehead atoms. The van der Waals surface area contributed by atoms with Crippen molar-refractivity contribution in [2.45, 2.75) is 105 Å². The standard InChI is InChI=1S/C30H46O2/c1-25(2)15-11-17-27(5)19-13-23-29(7,31)21-9-10-22-30(8,32)24-14-20-28(6)18-12-16-26(3)4/h13-15,19,23-24,26,28,31-32H,11-12,16-18,20H2,1-8H3/b23-13+,24-14+,27-19+.